The van der Waals surface area contributed by atoms with E-state index < -0.39 is 0 Å². The van der Waals surface area contributed by atoms with E-state index in [0.29, 0.717) is 11.2 Å². The molecule has 96 valence electrons. The van der Waals surface area contributed by atoms with Crippen LogP contribution in [0.1, 0.15) is 38.5 Å². The second-order valence-corrected chi connectivity index (χ2v) is 6.44. The molecule has 0 aliphatic rings. The Morgan fingerprint density at radius 3 is 2.29 bits per heavy atom. The van der Waals surface area contributed by atoms with Crippen molar-refractivity contribution in [3.05, 3.63) is 35.6 Å². The highest BCUT2D eigenvalue weighted by Crippen LogP contribution is 2.37. The molecule has 3 atom stereocenters. The summed E-state index contributed by atoms with van der Waals surface area (Å²) >= 11 is 1.83. The molecule has 3 unspecified atom stereocenters. The quantitative estimate of drug-likeness (QED) is 0.861. The smallest absolute Gasteiger partial charge is 0.123 e. The first-order chi connectivity index (χ1) is 7.91. The molecular formula is C14H22FNS. The SMILES string of the molecule is CC(C)C(C)SC(c1cccc(F)c1)C(C)N. The molecule has 2 N–H and O–H groups in total. The Kier molecular flexibility index (Phi) is 5.47. The van der Waals surface area contributed by atoms with E-state index in [9.17, 15) is 4.39 Å². The van der Waals surface area contributed by atoms with E-state index in [0.717, 1.165) is 5.56 Å². The van der Waals surface area contributed by atoms with Gasteiger partial charge in [0.1, 0.15) is 5.82 Å². The fraction of sp³-hybridized carbons (Fsp3) is 0.571. The zero-order valence-corrected chi connectivity index (χ0v) is 11.8. The van der Waals surface area contributed by atoms with Gasteiger partial charge in [-0.15, -0.1) is 11.8 Å². The summed E-state index contributed by atoms with van der Waals surface area (Å²) in [6, 6.07) is 6.78. The molecule has 1 nitrogen and oxygen atoms in total. The lowest BCUT2D eigenvalue weighted by molar-refractivity contribution is 0.617. The molecule has 0 amide bonds. The van der Waals surface area contributed by atoms with Gasteiger partial charge in [-0.1, -0.05) is 32.9 Å². The fourth-order valence-corrected chi connectivity index (χ4v) is 2.91. The van der Waals surface area contributed by atoms with Gasteiger partial charge in [-0.2, -0.15) is 0 Å². The van der Waals surface area contributed by atoms with Crippen molar-refractivity contribution in [3.8, 4) is 0 Å². The molecule has 1 aromatic carbocycles. The predicted octanol–water partition coefficient (Wildman–Crippen LogP) is 3.99. The normalized spacial score (nSPS) is 16.9. The maximum absolute atomic E-state index is 13.2. The molecule has 0 aliphatic heterocycles. The minimum atomic E-state index is -0.189. The van der Waals surface area contributed by atoms with Crippen LogP contribution in [0.25, 0.3) is 0 Å². The van der Waals surface area contributed by atoms with Crippen LogP contribution >= 0.6 is 11.8 Å². The summed E-state index contributed by atoms with van der Waals surface area (Å²) in [5.74, 6) is 0.403. The maximum atomic E-state index is 13.2. The third-order valence-corrected chi connectivity index (χ3v) is 4.92. The van der Waals surface area contributed by atoms with Crippen molar-refractivity contribution in [3.63, 3.8) is 0 Å². The Labute approximate surface area is 108 Å². The second kappa shape index (κ2) is 6.41. The Hall–Kier alpha value is -0.540. The van der Waals surface area contributed by atoms with Crippen molar-refractivity contribution >= 4 is 11.8 Å². The van der Waals surface area contributed by atoms with Gasteiger partial charge in [-0.3, -0.25) is 0 Å². The molecule has 3 heteroatoms. The van der Waals surface area contributed by atoms with Crippen molar-refractivity contribution in [1.82, 2.24) is 0 Å². The summed E-state index contributed by atoms with van der Waals surface area (Å²) in [4.78, 5) is 0. The summed E-state index contributed by atoms with van der Waals surface area (Å²) in [6.45, 7) is 8.57. The van der Waals surface area contributed by atoms with Gasteiger partial charge in [0.05, 0.1) is 0 Å². The highest BCUT2D eigenvalue weighted by atomic mass is 32.2. The highest BCUT2D eigenvalue weighted by Gasteiger charge is 2.21. The van der Waals surface area contributed by atoms with Gasteiger partial charge in [-0.25, -0.2) is 4.39 Å². The molecule has 0 aromatic heterocycles. The van der Waals surface area contributed by atoms with Gasteiger partial charge < -0.3 is 5.73 Å². The second-order valence-electron chi connectivity index (χ2n) is 4.92. The third kappa shape index (κ3) is 4.32. The minimum Gasteiger partial charge on any atom is -0.327 e. The van der Waals surface area contributed by atoms with Crippen LogP contribution in [0.5, 0.6) is 0 Å². The molecule has 17 heavy (non-hydrogen) atoms. The van der Waals surface area contributed by atoms with Gasteiger partial charge in [0.25, 0.3) is 0 Å². The number of rotatable bonds is 5. The Balaban J connectivity index is 2.86. The van der Waals surface area contributed by atoms with Crippen LogP contribution in [-0.4, -0.2) is 11.3 Å². The van der Waals surface area contributed by atoms with Crippen molar-refractivity contribution in [2.45, 2.75) is 44.2 Å². The zero-order valence-electron chi connectivity index (χ0n) is 11.0. The lowest BCUT2D eigenvalue weighted by Crippen LogP contribution is -2.25. The van der Waals surface area contributed by atoms with E-state index >= 15 is 0 Å². The summed E-state index contributed by atoms with van der Waals surface area (Å²) in [6.07, 6.45) is 0. The van der Waals surface area contributed by atoms with E-state index in [1.165, 1.54) is 6.07 Å². The maximum Gasteiger partial charge on any atom is 0.123 e. The van der Waals surface area contributed by atoms with E-state index in [4.69, 9.17) is 5.73 Å². The summed E-state index contributed by atoms with van der Waals surface area (Å²) in [5, 5.41) is 0.664. The summed E-state index contributed by atoms with van der Waals surface area (Å²) < 4.78 is 13.2. The van der Waals surface area contributed by atoms with E-state index in [1.807, 2.05) is 24.8 Å². The fourth-order valence-electron chi connectivity index (χ4n) is 1.58. The number of hydrogen-bond acceptors (Lipinski definition) is 2. The van der Waals surface area contributed by atoms with Crippen molar-refractivity contribution in [1.29, 1.82) is 0 Å². The predicted molar refractivity (Wildman–Crippen MR) is 74.7 cm³/mol. The number of halogens is 1. The van der Waals surface area contributed by atoms with E-state index in [-0.39, 0.29) is 17.1 Å². The van der Waals surface area contributed by atoms with Crippen LogP contribution in [0.4, 0.5) is 4.39 Å². The summed E-state index contributed by atoms with van der Waals surface area (Å²) in [5.41, 5.74) is 7.01. The monoisotopic (exact) mass is 255 g/mol. The molecule has 0 fully saturated rings. The van der Waals surface area contributed by atoms with Gasteiger partial charge in [0.2, 0.25) is 0 Å². The van der Waals surface area contributed by atoms with Crippen molar-refractivity contribution in [2.24, 2.45) is 11.7 Å². The average molecular weight is 255 g/mol. The Bertz CT molecular complexity index is 352. The van der Waals surface area contributed by atoms with E-state index in [2.05, 4.69) is 20.8 Å². The molecule has 0 heterocycles. The third-order valence-electron chi connectivity index (χ3n) is 2.95. The molecule has 0 saturated carbocycles. The largest absolute Gasteiger partial charge is 0.327 e. The summed E-state index contributed by atoms with van der Waals surface area (Å²) in [7, 11) is 0. The highest BCUT2D eigenvalue weighted by molar-refractivity contribution is 8.00. The standard InChI is InChI=1S/C14H22FNS/c1-9(2)11(4)17-14(10(3)16)12-6-5-7-13(15)8-12/h5-11,14H,16H2,1-4H3. The lowest BCUT2D eigenvalue weighted by Gasteiger charge is -2.26. The molecular weight excluding hydrogens is 233 g/mol. The Morgan fingerprint density at radius 1 is 1.18 bits per heavy atom. The van der Waals surface area contributed by atoms with Crippen LogP contribution in [-0.2, 0) is 0 Å². The number of thioether (sulfide) groups is 1. The van der Waals surface area contributed by atoms with Crippen LogP contribution in [0.2, 0.25) is 0 Å². The van der Waals surface area contributed by atoms with Crippen LogP contribution in [0, 0.1) is 11.7 Å². The van der Waals surface area contributed by atoms with Gasteiger partial charge >= 0.3 is 0 Å². The molecule has 0 aliphatic carbocycles. The lowest BCUT2D eigenvalue weighted by atomic mass is 10.1. The zero-order chi connectivity index (χ0) is 13.0. The molecule has 1 rings (SSSR count). The van der Waals surface area contributed by atoms with Crippen molar-refractivity contribution in [2.75, 3.05) is 0 Å². The van der Waals surface area contributed by atoms with Gasteiger partial charge in [0.15, 0.2) is 0 Å². The number of benzene rings is 1. The van der Waals surface area contributed by atoms with Gasteiger partial charge in [-0.05, 0) is 30.5 Å². The molecule has 0 saturated heterocycles. The minimum absolute atomic E-state index is 0.0167. The van der Waals surface area contributed by atoms with Crippen LogP contribution < -0.4 is 5.73 Å². The molecule has 0 radical (unpaired) electrons. The first-order valence-corrected chi connectivity index (χ1v) is 7.02. The van der Waals surface area contributed by atoms with Crippen LogP contribution in [0.3, 0.4) is 0 Å². The first kappa shape index (κ1) is 14.5. The molecule has 0 spiro atoms. The molecule has 1 aromatic rings. The van der Waals surface area contributed by atoms with E-state index in [1.54, 1.807) is 12.1 Å². The Morgan fingerprint density at radius 2 is 1.82 bits per heavy atom. The van der Waals surface area contributed by atoms with Gasteiger partial charge in [0, 0.05) is 16.5 Å². The first-order valence-electron chi connectivity index (χ1n) is 6.08. The average Bonchev–Trinajstić information content (AvgIpc) is 2.24. The topological polar surface area (TPSA) is 26.0 Å². The van der Waals surface area contributed by atoms with Crippen LogP contribution in [0.15, 0.2) is 24.3 Å². The van der Waals surface area contributed by atoms with Crippen molar-refractivity contribution < 1.29 is 4.39 Å². The number of nitrogens with two attached hydrogens (primary N) is 1. The molecule has 0 bridgehead atoms. The number of hydrogen-bond donors (Lipinski definition) is 1.